The minimum atomic E-state index is -0.138. The molecule has 0 saturated heterocycles. The molecule has 140 valence electrons. The van der Waals surface area contributed by atoms with Crippen LogP contribution < -0.4 is 5.32 Å². The van der Waals surface area contributed by atoms with Crippen LogP contribution in [0.15, 0.2) is 53.7 Å². The van der Waals surface area contributed by atoms with Crippen molar-refractivity contribution < 1.29 is 9.53 Å². The first-order chi connectivity index (χ1) is 13.1. The van der Waals surface area contributed by atoms with Gasteiger partial charge in [0.25, 0.3) is 0 Å². The lowest BCUT2D eigenvalue weighted by Crippen LogP contribution is -2.15. The normalized spacial score (nSPS) is 10.8. The number of anilines is 1. The second kappa shape index (κ2) is 9.03. The number of nitrogens with zero attached hydrogens (tertiary/aromatic N) is 3. The molecule has 0 atom stereocenters. The number of para-hydroxylation sites is 1. The van der Waals surface area contributed by atoms with Gasteiger partial charge in [-0.3, -0.25) is 9.36 Å². The minimum Gasteiger partial charge on any atom is -0.377 e. The number of rotatable bonds is 7. The molecule has 0 aliphatic heterocycles. The first-order valence-electron chi connectivity index (χ1n) is 8.26. The molecule has 3 rings (SSSR count). The molecule has 0 aliphatic rings. The quantitative estimate of drug-likeness (QED) is 0.602. The van der Waals surface area contributed by atoms with Gasteiger partial charge in [0.2, 0.25) is 5.91 Å². The van der Waals surface area contributed by atoms with Crippen molar-refractivity contribution in [1.82, 2.24) is 14.8 Å². The molecule has 0 fully saturated rings. The molecule has 3 aromatic rings. The van der Waals surface area contributed by atoms with Crippen LogP contribution in [0.3, 0.4) is 0 Å². The fourth-order valence-electron chi connectivity index (χ4n) is 2.50. The number of carbonyl (C=O) groups is 1. The zero-order valence-corrected chi connectivity index (χ0v) is 16.5. The summed E-state index contributed by atoms with van der Waals surface area (Å²) in [5.41, 5.74) is 2.58. The van der Waals surface area contributed by atoms with E-state index >= 15 is 0 Å². The Balaban J connectivity index is 1.74. The van der Waals surface area contributed by atoms with Gasteiger partial charge < -0.3 is 10.1 Å². The Morgan fingerprint density at radius 1 is 1.22 bits per heavy atom. The van der Waals surface area contributed by atoms with E-state index in [1.807, 2.05) is 47.9 Å². The zero-order valence-electron chi connectivity index (χ0n) is 15.0. The van der Waals surface area contributed by atoms with Gasteiger partial charge in [-0.15, -0.1) is 10.2 Å². The number of thioether (sulfide) groups is 1. The Morgan fingerprint density at radius 3 is 2.74 bits per heavy atom. The van der Waals surface area contributed by atoms with Crippen molar-refractivity contribution in [3.05, 3.63) is 64.9 Å². The van der Waals surface area contributed by atoms with Crippen molar-refractivity contribution in [1.29, 1.82) is 0 Å². The maximum absolute atomic E-state index is 12.4. The van der Waals surface area contributed by atoms with Crippen LogP contribution in [0.2, 0.25) is 5.02 Å². The molecular formula is C19H19ClN4O2S. The van der Waals surface area contributed by atoms with Crippen LogP contribution in [0, 0.1) is 6.92 Å². The number of nitrogens with one attached hydrogen (secondary N) is 1. The molecule has 2 aromatic carbocycles. The summed E-state index contributed by atoms with van der Waals surface area (Å²) in [6.07, 6.45) is 0. The lowest BCUT2D eigenvalue weighted by molar-refractivity contribution is -0.113. The van der Waals surface area contributed by atoms with E-state index in [2.05, 4.69) is 15.5 Å². The van der Waals surface area contributed by atoms with Crippen LogP contribution in [-0.2, 0) is 16.1 Å². The van der Waals surface area contributed by atoms with E-state index in [9.17, 15) is 4.79 Å². The number of hydrogen-bond donors (Lipinski definition) is 1. The van der Waals surface area contributed by atoms with Gasteiger partial charge in [-0.05, 0) is 36.8 Å². The second-order valence-corrected chi connectivity index (χ2v) is 7.18. The average Bonchev–Trinajstić information content (AvgIpc) is 3.07. The van der Waals surface area contributed by atoms with Crippen molar-refractivity contribution in [3.63, 3.8) is 0 Å². The smallest absolute Gasteiger partial charge is 0.234 e. The second-order valence-electron chi connectivity index (χ2n) is 5.80. The maximum Gasteiger partial charge on any atom is 0.234 e. The van der Waals surface area contributed by atoms with Gasteiger partial charge >= 0.3 is 0 Å². The highest BCUT2D eigenvalue weighted by molar-refractivity contribution is 7.99. The van der Waals surface area contributed by atoms with E-state index in [1.165, 1.54) is 11.8 Å². The highest BCUT2D eigenvalue weighted by Crippen LogP contribution is 2.24. The van der Waals surface area contributed by atoms with Crippen molar-refractivity contribution in [3.8, 4) is 5.69 Å². The molecule has 1 amide bonds. The molecule has 0 aliphatic carbocycles. The summed E-state index contributed by atoms with van der Waals surface area (Å²) < 4.78 is 7.10. The third-order valence-corrected chi connectivity index (χ3v) is 4.96. The molecule has 8 heteroatoms. The molecule has 0 radical (unpaired) electrons. The first kappa shape index (κ1) is 19.4. The average molecular weight is 403 g/mol. The van der Waals surface area contributed by atoms with Gasteiger partial charge in [0.1, 0.15) is 6.61 Å². The highest BCUT2D eigenvalue weighted by Gasteiger charge is 2.16. The fourth-order valence-corrected chi connectivity index (χ4v) is 3.44. The van der Waals surface area contributed by atoms with Gasteiger partial charge in [0.15, 0.2) is 11.0 Å². The Kier molecular flexibility index (Phi) is 6.49. The van der Waals surface area contributed by atoms with Crippen LogP contribution in [0.5, 0.6) is 0 Å². The predicted octanol–water partition coefficient (Wildman–Crippen LogP) is 4.11. The van der Waals surface area contributed by atoms with Gasteiger partial charge in [-0.25, -0.2) is 0 Å². The van der Waals surface area contributed by atoms with Gasteiger partial charge in [0.05, 0.1) is 5.75 Å². The Bertz CT molecular complexity index is 931. The summed E-state index contributed by atoms with van der Waals surface area (Å²) in [7, 11) is 1.61. The SMILES string of the molecule is COCc1nnc(SCC(=O)Nc2cc(Cl)ccc2C)n1-c1ccccc1. The van der Waals surface area contributed by atoms with Crippen LogP contribution in [-0.4, -0.2) is 33.5 Å². The lowest BCUT2D eigenvalue weighted by Gasteiger charge is -2.11. The topological polar surface area (TPSA) is 69.0 Å². The van der Waals surface area contributed by atoms with E-state index in [0.29, 0.717) is 28.3 Å². The molecule has 0 saturated carbocycles. The zero-order chi connectivity index (χ0) is 19.2. The monoisotopic (exact) mass is 402 g/mol. The standard InChI is InChI=1S/C19H19ClN4O2S/c1-13-8-9-14(20)10-16(13)21-18(25)12-27-19-23-22-17(11-26-2)24(19)15-6-4-3-5-7-15/h3-10H,11-12H2,1-2H3,(H,21,25). The van der Waals surface area contributed by atoms with Crippen molar-refractivity contribution in [2.45, 2.75) is 18.7 Å². The van der Waals surface area contributed by atoms with Crippen LogP contribution in [0.4, 0.5) is 5.69 Å². The molecular weight excluding hydrogens is 384 g/mol. The molecule has 27 heavy (non-hydrogen) atoms. The molecule has 0 bridgehead atoms. The lowest BCUT2D eigenvalue weighted by atomic mass is 10.2. The molecule has 1 aromatic heterocycles. The van der Waals surface area contributed by atoms with Gasteiger partial charge in [-0.2, -0.15) is 0 Å². The van der Waals surface area contributed by atoms with E-state index in [4.69, 9.17) is 16.3 Å². The summed E-state index contributed by atoms with van der Waals surface area (Å²) in [5.74, 6) is 0.739. The molecule has 1 N–H and O–H groups in total. The molecule has 6 nitrogen and oxygen atoms in total. The number of carbonyl (C=O) groups excluding carboxylic acids is 1. The Hall–Kier alpha value is -2.35. The van der Waals surface area contributed by atoms with Crippen LogP contribution in [0.25, 0.3) is 5.69 Å². The molecule has 0 spiro atoms. The molecule has 1 heterocycles. The number of methoxy groups -OCH3 is 1. The summed E-state index contributed by atoms with van der Waals surface area (Å²) in [6.45, 7) is 2.25. The van der Waals surface area contributed by atoms with Crippen LogP contribution >= 0.6 is 23.4 Å². The number of aryl methyl sites for hydroxylation is 1. The molecule has 0 unspecified atom stereocenters. The summed E-state index contributed by atoms with van der Waals surface area (Å²) in [5, 5.41) is 12.5. The van der Waals surface area contributed by atoms with Crippen LogP contribution in [0.1, 0.15) is 11.4 Å². The largest absolute Gasteiger partial charge is 0.377 e. The van der Waals surface area contributed by atoms with Crippen molar-refractivity contribution >= 4 is 35.0 Å². The third-order valence-electron chi connectivity index (χ3n) is 3.79. The number of benzene rings is 2. The summed E-state index contributed by atoms with van der Waals surface area (Å²) in [6, 6.07) is 15.1. The third kappa shape index (κ3) is 4.88. The summed E-state index contributed by atoms with van der Waals surface area (Å²) >= 11 is 7.32. The number of aromatic nitrogens is 3. The number of amides is 1. The van der Waals surface area contributed by atoms with Crippen molar-refractivity contribution in [2.24, 2.45) is 0 Å². The van der Waals surface area contributed by atoms with E-state index in [1.54, 1.807) is 19.2 Å². The minimum absolute atomic E-state index is 0.138. The predicted molar refractivity (Wildman–Crippen MR) is 108 cm³/mol. The Morgan fingerprint density at radius 2 is 2.00 bits per heavy atom. The Labute approximate surface area is 166 Å². The number of halogens is 1. The summed E-state index contributed by atoms with van der Waals surface area (Å²) in [4.78, 5) is 12.4. The van der Waals surface area contributed by atoms with E-state index < -0.39 is 0 Å². The van der Waals surface area contributed by atoms with E-state index in [-0.39, 0.29) is 11.7 Å². The maximum atomic E-state index is 12.4. The van der Waals surface area contributed by atoms with Crippen molar-refractivity contribution in [2.75, 3.05) is 18.2 Å². The van der Waals surface area contributed by atoms with E-state index in [0.717, 1.165) is 11.3 Å². The highest BCUT2D eigenvalue weighted by atomic mass is 35.5. The van der Waals surface area contributed by atoms with Gasteiger partial charge in [0, 0.05) is 23.5 Å². The first-order valence-corrected chi connectivity index (χ1v) is 9.62. The fraction of sp³-hybridized carbons (Fsp3) is 0.211. The number of ether oxygens (including phenoxy) is 1. The van der Waals surface area contributed by atoms with Gasteiger partial charge in [-0.1, -0.05) is 47.6 Å². The number of hydrogen-bond acceptors (Lipinski definition) is 5.